The highest BCUT2D eigenvalue weighted by Crippen LogP contribution is 2.36. The minimum absolute atomic E-state index is 0.0221. The molecule has 10 nitrogen and oxygen atoms in total. The van der Waals surface area contributed by atoms with Crippen molar-refractivity contribution in [3.8, 4) is 0 Å². The molecule has 0 amide bonds. The van der Waals surface area contributed by atoms with Gasteiger partial charge in [0.05, 0.1) is 12.7 Å². The quantitative estimate of drug-likeness (QED) is 0.104. The maximum Gasteiger partial charge on any atom is 0.469 e. The van der Waals surface area contributed by atoms with Gasteiger partial charge >= 0.3 is 19.8 Å². The second-order valence-electron chi connectivity index (χ2n) is 8.70. The molecule has 36 heavy (non-hydrogen) atoms. The van der Waals surface area contributed by atoms with Gasteiger partial charge in [-0.25, -0.2) is 4.57 Å². The third kappa shape index (κ3) is 15.1. The number of phosphoric acid groups is 1. The molecule has 0 aromatic carbocycles. The molecule has 0 radical (unpaired) electrons. The number of ketones is 1. The van der Waals surface area contributed by atoms with Crippen LogP contribution in [-0.2, 0) is 32.9 Å². The Hall–Kier alpha value is -2.10. The summed E-state index contributed by atoms with van der Waals surface area (Å²) in [5.74, 6) is -1.47. The largest absolute Gasteiger partial charge is 0.469 e. The predicted octanol–water partition coefficient (Wildman–Crippen LogP) is 3.56. The normalized spacial score (nSPS) is 19.8. The molecule has 0 aromatic heterocycles. The molecule has 1 rings (SSSR count). The highest BCUT2D eigenvalue weighted by Gasteiger charge is 2.27. The van der Waals surface area contributed by atoms with Crippen molar-refractivity contribution in [1.82, 2.24) is 0 Å². The van der Waals surface area contributed by atoms with Gasteiger partial charge in [0.1, 0.15) is 6.61 Å². The van der Waals surface area contributed by atoms with Crippen molar-refractivity contribution in [3.63, 3.8) is 0 Å². The Kier molecular flexibility index (Phi) is 15.4. The summed E-state index contributed by atoms with van der Waals surface area (Å²) in [6.45, 7) is 2.28. The predicted molar refractivity (Wildman–Crippen MR) is 133 cm³/mol. The molecular weight excluding hydrogens is 491 g/mol. The van der Waals surface area contributed by atoms with Crippen molar-refractivity contribution in [2.75, 3.05) is 13.2 Å². The summed E-state index contributed by atoms with van der Waals surface area (Å²) in [4.78, 5) is 52.8. The van der Waals surface area contributed by atoms with Crippen molar-refractivity contribution < 1.29 is 47.8 Å². The van der Waals surface area contributed by atoms with E-state index in [0.29, 0.717) is 25.7 Å². The lowest BCUT2D eigenvalue weighted by Gasteiger charge is -2.17. The SMILES string of the molecule is CCCCC[C@H](O)/C=C/[C@H]1C(=O)C=C[C@@H]1C/C=C\CCCC(=O)O[C@H](COC(C)=O)COP(=O)(O)O. The van der Waals surface area contributed by atoms with E-state index in [1.165, 1.54) is 0 Å². The van der Waals surface area contributed by atoms with Gasteiger partial charge < -0.3 is 24.4 Å². The zero-order valence-electron chi connectivity index (χ0n) is 21.0. The van der Waals surface area contributed by atoms with Gasteiger partial charge in [-0.1, -0.05) is 56.6 Å². The average Bonchev–Trinajstić information content (AvgIpc) is 3.15. The fourth-order valence-electron chi connectivity index (χ4n) is 3.56. The third-order valence-corrected chi connectivity index (χ3v) is 5.95. The second-order valence-corrected chi connectivity index (χ2v) is 9.94. The average molecular weight is 531 g/mol. The van der Waals surface area contributed by atoms with E-state index in [0.717, 1.165) is 26.2 Å². The third-order valence-electron chi connectivity index (χ3n) is 5.47. The van der Waals surface area contributed by atoms with Gasteiger partial charge in [0.25, 0.3) is 0 Å². The number of hydrogen-bond acceptors (Lipinski definition) is 8. The Morgan fingerprint density at radius 3 is 2.58 bits per heavy atom. The maximum absolute atomic E-state index is 12.2. The van der Waals surface area contributed by atoms with E-state index in [-0.39, 0.29) is 30.6 Å². The first kappa shape index (κ1) is 31.9. The maximum atomic E-state index is 12.2. The number of carbonyl (C=O) groups excluding carboxylic acids is 3. The number of aliphatic hydroxyl groups is 1. The number of ether oxygens (including phenoxy) is 2. The van der Waals surface area contributed by atoms with Crippen molar-refractivity contribution in [3.05, 3.63) is 36.5 Å². The number of unbranched alkanes of at least 4 members (excludes halogenated alkanes) is 3. The topological polar surface area (TPSA) is 157 Å². The lowest BCUT2D eigenvalue weighted by atomic mass is 9.90. The minimum Gasteiger partial charge on any atom is -0.462 e. The molecule has 4 atom stereocenters. The summed E-state index contributed by atoms with van der Waals surface area (Å²) in [5, 5.41) is 10.1. The molecule has 0 spiro atoms. The van der Waals surface area contributed by atoms with Gasteiger partial charge in [0.2, 0.25) is 0 Å². The molecule has 11 heteroatoms. The molecule has 1 aliphatic rings. The van der Waals surface area contributed by atoms with Gasteiger partial charge in [-0.15, -0.1) is 0 Å². The van der Waals surface area contributed by atoms with Crippen LogP contribution in [0.3, 0.4) is 0 Å². The van der Waals surface area contributed by atoms with Gasteiger partial charge in [0.15, 0.2) is 11.9 Å². The van der Waals surface area contributed by atoms with Gasteiger partial charge in [-0.3, -0.25) is 18.9 Å². The molecule has 0 saturated heterocycles. The fraction of sp³-hybridized carbons (Fsp3) is 0.640. The van der Waals surface area contributed by atoms with Crippen LogP contribution in [0.2, 0.25) is 0 Å². The number of aliphatic hydroxyl groups excluding tert-OH is 1. The molecule has 1 aliphatic carbocycles. The first-order valence-corrected chi connectivity index (χ1v) is 13.8. The first-order chi connectivity index (χ1) is 17.0. The second kappa shape index (κ2) is 17.4. The van der Waals surface area contributed by atoms with Crippen LogP contribution in [0, 0.1) is 11.8 Å². The standard InChI is InChI=1S/C25H39O10P/c1-3-4-7-11-21(27)14-15-23-20(13-16-24(23)28)10-8-5-6-9-12-25(29)35-22(17-33-19(2)26)18-34-36(30,31)32/h5,8,13-16,20-23,27H,3-4,6-7,9-12,17-18H2,1-2H3,(H2,30,31,32)/b8-5-,15-14+/t20-,21-,22+,23+/m0/s1. The van der Waals surface area contributed by atoms with Crippen LogP contribution >= 0.6 is 7.82 Å². The van der Waals surface area contributed by atoms with E-state index in [1.54, 1.807) is 18.2 Å². The summed E-state index contributed by atoms with van der Waals surface area (Å²) in [6, 6.07) is 0. The van der Waals surface area contributed by atoms with Crippen molar-refractivity contribution in [2.24, 2.45) is 11.8 Å². The van der Waals surface area contributed by atoms with E-state index in [4.69, 9.17) is 19.3 Å². The van der Waals surface area contributed by atoms with Gasteiger partial charge in [0, 0.05) is 19.3 Å². The summed E-state index contributed by atoms with van der Waals surface area (Å²) in [6.07, 6.45) is 14.7. The minimum atomic E-state index is -4.76. The molecule has 0 aromatic rings. The summed E-state index contributed by atoms with van der Waals surface area (Å²) < 4.78 is 25.0. The molecular formula is C25H39O10P. The Balaban J connectivity index is 2.39. The van der Waals surface area contributed by atoms with Gasteiger partial charge in [-0.05, 0) is 37.7 Å². The van der Waals surface area contributed by atoms with E-state index in [1.807, 2.05) is 18.2 Å². The van der Waals surface area contributed by atoms with Crippen LogP contribution < -0.4 is 0 Å². The molecule has 3 N–H and O–H groups in total. The van der Waals surface area contributed by atoms with E-state index >= 15 is 0 Å². The fourth-order valence-corrected chi connectivity index (χ4v) is 3.92. The Bertz CT molecular complexity index is 829. The van der Waals surface area contributed by atoms with Crippen molar-refractivity contribution in [2.45, 2.75) is 77.4 Å². The zero-order valence-corrected chi connectivity index (χ0v) is 21.9. The number of phosphoric ester groups is 1. The van der Waals surface area contributed by atoms with E-state index < -0.39 is 38.6 Å². The smallest absolute Gasteiger partial charge is 0.462 e. The lowest BCUT2D eigenvalue weighted by molar-refractivity contribution is -0.160. The van der Waals surface area contributed by atoms with Gasteiger partial charge in [-0.2, -0.15) is 0 Å². The monoisotopic (exact) mass is 530 g/mol. The number of carbonyl (C=O) groups is 3. The lowest BCUT2D eigenvalue weighted by Crippen LogP contribution is -2.29. The first-order valence-electron chi connectivity index (χ1n) is 12.3. The number of allylic oxidation sites excluding steroid dienone is 5. The van der Waals surface area contributed by atoms with E-state index in [2.05, 4.69) is 11.4 Å². The zero-order chi connectivity index (χ0) is 27.0. The Morgan fingerprint density at radius 2 is 1.92 bits per heavy atom. The van der Waals surface area contributed by atoms with Crippen LogP contribution in [0.1, 0.15) is 65.2 Å². The molecule has 0 saturated carbocycles. The summed E-state index contributed by atoms with van der Waals surface area (Å²) in [7, 11) is -4.76. The summed E-state index contributed by atoms with van der Waals surface area (Å²) in [5.41, 5.74) is 0. The van der Waals surface area contributed by atoms with Crippen LogP contribution in [-0.4, -0.2) is 58.0 Å². The molecule has 0 bridgehead atoms. The van der Waals surface area contributed by atoms with Crippen LogP contribution in [0.5, 0.6) is 0 Å². The van der Waals surface area contributed by atoms with E-state index in [9.17, 15) is 24.1 Å². The van der Waals surface area contributed by atoms with Crippen LogP contribution in [0.4, 0.5) is 0 Å². The highest BCUT2D eigenvalue weighted by molar-refractivity contribution is 7.46. The van der Waals surface area contributed by atoms with Crippen molar-refractivity contribution >= 4 is 25.5 Å². The molecule has 0 fully saturated rings. The number of hydrogen-bond donors (Lipinski definition) is 3. The molecule has 0 heterocycles. The van der Waals surface area contributed by atoms with Crippen molar-refractivity contribution in [1.29, 1.82) is 0 Å². The molecule has 204 valence electrons. The van der Waals surface area contributed by atoms with Crippen LogP contribution in [0.25, 0.3) is 0 Å². The molecule has 0 unspecified atom stereocenters. The Labute approximate surface area is 212 Å². The number of esters is 2. The highest BCUT2D eigenvalue weighted by atomic mass is 31.2. The van der Waals surface area contributed by atoms with Crippen LogP contribution in [0.15, 0.2) is 36.5 Å². The Morgan fingerprint density at radius 1 is 1.17 bits per heavy atom. The molecule has 0 aliphatic heterocycles. The summed E-state index contributed by atoms with van der Waals surface area (Å²) >= 11 is 0. The number of rotatable bonds is 18.